The maximum atomic E-state index is 12.1. The first-order valence-electron chi connectivity index (χ1n) is 5.47. The van der Waals surface area contributed by atoms with Crippen LogP contribution < -0.4 is 4.72 Å². The molecule has 1 aliphatic rings. The van der Waals surface area contributed by atoms with Gasteiger partial charge in [-0.2, -0.15) is 0 Å². The van der Waals surface area contributed by atoms with E-state index in [4.69, 9.17) is 4.74 Å². The van der Waals surface area contributed by atoms with Gasteiger partial charge in [0, 0.05) is 24.0 Å². The molecule has 1 atom stereocenters. The van der Waals surface area contributed by atoms with Gasteiger partial charge in [-0.3, -0.25) is 0 Å². The van der Waals surface area contributed by atoms with Crippen LogP contribution in [0.4, 0.5) is 0 Å². The molecule has 0 radical (unpaired) electrons. The van der Waals surface area contributed by atoms with Crippen LogP contribution in [0.1, 0.15) is 6.42 Å². The van der Waals surface area contributed by atoms with Gasteiger partial charge in [0.25, 0.3) is 0 Å². The third-order valence-electron chi connectivity index (χ3n) is 2.80. The van der Waals surface area contributed by atoms with Gasteiger partial charge in [0.1, 0.15) is 5.60 Å². The summed E-state index contributed by atoms with van der Waals surface area (Å²) in [6.07, 6.45) is 0.436. The number of halogens is 1. The molecule has 2 N–H and O–H groups in total. The first kappa shape index (κ1) is 14.0. The van der Waals surface area contributed by atoms with Crippen LogP contribution in [0.15, 0.2) is 33.6 Å². The van der Waals surface area contributed by atoms with Crippen molar-refractivity contribution in [2.45, 2.75) is 16.9 Å². The Kier molecular flexibility index (Phi) is 4.08. The Balaban J connectivity index is 2.11. The van der Waals surface area contributed by atoms with Gasteiger partial charge in [0.05, 0.1) is 11.5 Å². The van der Waals surface area contributed by atoms with E-state index in [0.717, 1.165) is 0 Å². The molecule has 1 aliphatic heterocycles. The summed E-state index contributed by atoms with van der Waals surface area (Å²) in [5, 5.41) is 10.0. The molecule has 2 rings (SSSR count). The Morgan fingerprint density at radius 1 is 1.44 bits per heavy atom. The molecule has 7 heteroatoms. The number of aliphatic hydroxyl groups is 1. The topological polar surface area (TPSA) is 75.6 Å². The fourth-order valence-electron chi connectivity index (χ4n) is 1.71. The number of rotatable bonds is 4. The highest BCUT2D eigenvalue weighted by molar-refractivity contribution is 9.10. The third kappa shape index (κ3) is 3.10. The number of ether oxygens (including phenoxy) is 1. The van der Waals surface area contributed by atoms with Gasteiger partial charge in [-0.05, 0) is 28.1 Å². The summed E-state index contributed by atoms with van der Waals surface area (Å²) in [5.74, 6) is 0. The maximum Gasteiger partial charge on any atom is 0.241 e. The van der Waals surface area contributed by atoms with E-state index in [1.165, 1.54) is 6.07 Å². The van der Waals surface area contributed by atoms with Crippen LogP contribution >= 0.6 is 15.9 Å². The average molecular weight is 336 g/mol. The summed E-state index contributed by atoms with van der Waals surface area (Å²) < 4.78 is 32.1. The summed E-state index contributed by atoms with van der Waals surface area (Å²) in [7, 11) is -3.63. The Hall–Kier alpha value is -0.470. The molecule has 0 aliphatic carbocycles. The van der Waals surface area contributed by atoms with E-state index in [1.54, 1.807) is 18.2 Å². The molecule has 1 heterocycles. The Labute approximate surface area is 114 Å². The SMILES string of the molecule is O=S(=O)(NC[C@@]1(O)CCOC1)c1ccccc1Br. The van der Waals surface area contributed by atoms with E-state index in [1.807, 2.05) is 0 Å². The van der Waals surface area contributed by atoms with Crippen molar-refractivity contribution in [3.05, 3.63) is 28.7 Å². The summed E-state index contributed by atoms with van der Waals surface area (Å²) in [6.45, 7) is 0.565. The fourth-order valence-corrected chi connectivity index (χ4v) is 3.83. The highest BCUT2D eigenvalue weighted by Gasteiger charge is 2.33. The number of sulfonamides is 1. The number of benzene rings is 1. The van der Waals surface area contributed by atoms with Gasteiger partial charge in [-0.25, -0.2) is 13.1 Å². The molecular formula is C11H14BrNO4S. The largest absolute Gasteiger partial charge is 0.386 e. The summed E-state index contributed by atoms with van der Waals surface area (Å²) in [4.78, 5) is 0.160. The summed E-state index contributed by atoms with van der Waals surface area (Å²) in [5.41, 5.74) is -1.10. The Morgan fingerprint density at radius 3 is 2.78 bits per heavy atom. The summed E-state index contributed by atoms with van der Waals surface area (Å²) in [6, 6.07) is 6.54. The molecular weight excluding hydrogens is 322 g/mol. The van der Waals surface area contributed by atoms with E-state index in [9.17, 15) is 13.5 Å². The zero-order chi connectivity index (χ0) is 13.2. The molecule has 1 saturated heterocycles. The van der Waals surface area contributed by atoms with Crippen molar-refractivity contribution in [1.82, 2.24) is 4.72 Å². The van der Waals surface area contributed by atoms with E-state index in [0.29, 0.717) is 17.5 Å². The average Bonchev–Trinajstić information content (AvgIpc) is 2.75. The minimum atomic E-state index is -3.63. The van der Waals surface area contributed by atoms with Crippen LogP contribution in [0, 0.1) is 0 Å². The highest BCUT2D eigenvalue weighted by atomic mass is 79.9. The van der Waals surface area contributed by atoms with Crippen molar-refractivity contribution in [2.75, 3.05) is 19.8 Å². The lowest BCUT2D eigenvalue weighted by molar-refractivity contribution is 0.0314. The number of nitrogens with one attached hydrogen (secondary N) is 1. The standard InChI is InChI=1S/C11H14BrNO4S/c12-9-3-1-2-4-10(9)18(15,16)13-7-11(14)5-6-17-8-11/h1-4,13-14H,5-8H2/t11-/m0/s1. The van der Waals surface area contributed by atoms with E-state index in [-0.39, 0.29) is 18.0 Å². The zero-order valence-electron chi connectivity index (χ0n) is 9.60. The van der Waals surface area contributed by atoms with Crippen molar-refractivity contribution in [1.29, 1.82) is 0 Å². The van der Waals surface area contributed by atoms with E-state index >= 15 is 0 Å². The molecule has 18 heavy (non-hydrogen) atoms. The second-order valence-corrected chi connectivity index (χ2v) is 6.87. The van der Waals surface area contributed by atoms with Gasteiger partial charge < -0.3 is 9.84 Å². The second kappa shape index (κ2) is 5.26. The lowest BCUT2D eigenvalue weighted by Gasteiger charge is -2.20. The Morgan fingerprint density at radius 2 is 2.17 bits per heavy atom. The van der Waals surface area contributed by atoms with Crippen LogP contribution in [0.2, 0.25) is 0 Å². The minimum Gasteiger partial charge on any atom is -0.386 e. The zero-order valence-corrected chi connectivity index (χ0v) is 12.0. The van der Waals surface area contributed by atoms with Crippen LogP contribution in [0.5, 0.6) is 0 Å². The van der Waals surface area contributed by atoms with Crippen molar-refractivity contribution >= 4 is 26.0 Å². The number of hydrogen-bond acceptors (Lipinski definition) is 4. The molecule has 5 nitrogen and oxygen atoms in total. The molecule has 100 valence electrons. The highest BCUT2D eigenvalue weighted by Crippen LogP contribution is 2.22. The predicted octanol–water partition coefficient (Wildman–Crippen LogP) is 0.879. The normalized spacial score (nSPS) is 24.3. The fraction of sp³-hybridized carbons (Fsp3) is 0.455. The molecule has 0 bridgehead atoms. The molecule has 1 aromatic rings. The van der Waals surface area contributed by atoms with Gasteiger partial charge in [-0.1, -0.05) is 12.1 Å². The summed E-state index contributed by atoms with van der Waals surface area (Å²) >= 11 is 3.19. The monoisotopic (exact) mass is 335 g/mol. The van der Waals surface area contributed by atoms with Crippen molar-refractivity contribution in [2.24, 2.45) is 0 Å². The van der Waals surface area contributed by atoms with Gasteiger partial charge in [0.2, 0.25) is 10.0 Å². The quantitative estimate of drug-likeness (QED) is 0.856. The maximum absolute atomic E-state index is 12.1. The molecule has 0 aromatic heterocycles. The Bertz CT molecular complexity index is 526. The lowest BCUT2D eigenvalue weighted by Crippen LogP contribution is -2.43. The van der Waals surface area contributed by atoms with Crippen molar-refractivity contribution in [3.63, 3.8) is 0 Å². The molecule has 1 aromatic carbocycles. The second-order valence-electron chi connectivity index (χ2n) is 4.28. The van der Waals surface area contributed by atoms with Crippen LogP contribution in [-0.2, 0) is 14.8 Å². The van der Waals surface area contributed by atoms with Crippen LogP contribution in [0.3, 0.4) is 0 Å². The van der Waals surface area contributed by atoms with Crippen molar-refractivity contribution in [3.8, 4) is 0 Å². The molecule has 1 fully saturated rings. The smallest absolute Gasteiger partial charge is 0.241 e. The first-order chi connectivity index (χ1) is 8.43. The van der Waals surface area contributed by atoms with Gasteiger partial charge >= 0.3 is 0 Å². The van der Waals surface area contributed by atoms with Gasteiger partial charge in [0.15, 0.2) is 0 Å². The van der Waals surface area contributed by atoms with E-state index < -0.39 is 15.6 Å². The molecule has 0 saturated carbocycles. The first-order valence-corrected chi connectivity index (χ1v) is 7.75. The van der Waals surface area contributed by atoms with E-state index in [2.05, 4.69) is 20.7 Å². The number of hydrogen-bond donors (Lipinski definition) is 2. The molecule has 0 unspecified atom stereocenters. The molecule has 0 amide bonds. The predicted molar refractivity (Wildman–Crippen MR) is 69.7 cm³/mol. The minimum absolute atomic E-state index is 0.0450. The van der Waals surface area contributed by atoms with Crippen LogP contribution in [-0.4, -0.2) is 38.9 Å². The molecule has 0 spiro atoms. The van der Waals surface area contributed by atoms with Crippen molar-refractivity contribution < 1.29 is 18.3 Å². The van der Waals surface area contributed by atoms with Gasteiger partial charge in [-0.15, -0.1) is 0 Å². The van der Waals surface area contributed by atoms with Crippen LogP contribution in [0.25, 0.3) is 0 Å². The lowest BCUT2D eigenvalue weighted by atomic mass is 10.1. The third-order valence-corrected chi connectivity index (χ3v) is 5.21.